The molecule has 94 valence electrons. The Kier molecular flexibility index (Phi) is 3.28. The molecule has 1 aliphatic rings. The molecule has 2 unspecified atom stereocenters. The standard InChI is InChI=1S/C14H14BrNOS/c1-8-11(15)6-12(18-8)14(17)13-10-5-3-2-4-9(10)7-16-13/h2-6,13-14,16-17H,7H2,1H3. The Morgan fingerprint density at radius 3 is 2.94 bits per heavy atom. The van der Waals surface area contributed by atoms with E-state index in [-0.39, 0.29) is 6.04 Å². The van der Waals surface area contributed by atoms with Crippen LogP contribution in [0.1, 0.15) is 33.0 Å². The number of hydrogen-bond donors (Lipinski definition) is 2. The minimum absolute atomic E-state index is 0.00569. The van der Waals surface area contributed by atoms with Crippen molar-refractivity contribution in [2.45, 2.75) is 25.6 Å². The van der Waals surface area contributed by atoms with E-state index in [0.29, 0.717) is 0 Å². The predicted molar refractivity (Wildman–Crippen MR) is 77.7 cm³/mol. The summed E-state index contributed by atoms with van der Waals surface area (Å²) in [6.45, 7) is 2.89. The first-order valence-corrected chi connectivity index (χ1v) is 7.53. The van der Waals surface area contributed by atoms with Gasteiger partial charge in [0, 0.05) is 20.8 Å². The molecule has 0 saturated carbocycles. The normalized spacial score (nSPS) is 19.8. The van der Waals surface area contributed by atoms with Crippen LogP contribution in [0.2, 0.25) is 0 Å². The van der Waals surface area contributed by atoms with Crippen molar-refractivity contribution in [2.24, 2.45) is 0 Å². The highest BCUT2D eigenvalue weighted by molar-refractivity contribution is 9.10. The molecule has 0 saturated heterocycles. The Hall–Kier alpha value is -0.680. The molecule has 0 spiro atoms. The van der Waals surface area contributed by atoms with Gasteiger partial charge in [0.25, 0.3) is 0 Å². The van der Waals surface area contributed by atoms with Crippen molar-refractivity contribution in [3.8, 4) is 0 Å². The van der Waals surface area contributed by atoms with Crippen LogP contribution in [-0.4, -0.2) is 5.11 Å². The molecule has 2 heterocycles. The number of hydrogen-bond acceptors (Lipinski definition) is 3. The lowest BCUT2D eigenvalue weighted by Gasteiger charge is -2.18. The van der Waals surface area contributed by atoms with Crippen molar-refractivity contribution in [3.05, 3.63) is 55.7 Å². The van der Waals surface area contributed by atoms with Gasteiger partial charge in [-0.25, -0.2) is 0 Å². The van der Waals surface area contributed by atoms with Gasteiger partial charge >= 0.3 is 0 Å². The van der Waals surface area contributed by atoms with Crippen molar-refractivity contribution >= 4 is 27.3 Å². The molecule has 4 heteroatoms. The van der Waals surface area contributed by atoms with Gasteiger partial charge in [-0.3, -0.25) is 0 Å². The minimum Gasteiger partial charge on any atom is -0.386 e. The van der Waals surface area contributed by atoms with Crippen molar-refractivity contribution in [3.63, 3.8) is 0 Å². The highest BCUT2D eigenvalue weighted by Crippen LogP contribution is 2.39. The van der Waals surface area contributed by atoms with Gasteiger partial charge in [-0.2, -0.15) is 0 Å². The van der Waals surface area contributed by atoms with Gasteiger partial charge in [0.2, 0.25) is 0 Å². The SMILES string of the molecule is Cc1sc(C(O)C2NCc3ccccc32)cc1Br. The number of thiophene rings is 1. The molecule has 0 fully saturated rings. The molecule has 3 rings (SSSR count). The quantitative estimate of drug-likeness (QED) is 0.883. The summed E-state index contributed by atoms with van der Waals surface area (Å²) in [5.41, 5.74) is 2.50. The molecule has 0 amide bonds. The number of fused-ring (bicyclic) bond motifs is 1. The summed E-state index contributed by atoms with van der Waals surface area (Å²) >= 11 is 5.15. The second kappa shape index (κ2) is 4.78. The fourth-order valence-electron chi connectivity index (χ4n) is 2.40. The maximum atomic E-state index is 10.5. The van der Waals surface area contributed by atoms with Gasteiger partial charge in [0.15, 0.2) is 0 Å². The Bertz CT molecular complexity index is 561. The molecule has 2 nitrogen and oxygen atoms in total. The van der Waals surface area contributed by atoms with E-state index in [1.165, 1.54) is 16.0 Å². The van der Waals surface area contributed by atoms with Gasteiger partial charge in [-0.05, 0) is 40.0 Å². The zero-order valence-corrected chi connectivity index (χ0v) is 12.4. The van der Waals surface area contributed by atoms with Gasteiger partial charge < -0.3 is 10.4 Å². The average Bonchev–Trinajstić information content (AvgIpc) is 2.93. The molecular formula is C14H14BrNOS. The van der Waals surface area contributed by atoms with Crippen LogP contribution in [-0.2, 0) is 6.54 Å². The molecule has 2 N–H and O–H groups in total. The summed E-state index contributed by atoms with van der Waals surface area (Å²) in [6, 6.07) is 10.3. The van der Waals surface area contributed by atoms with E-state index in [1.807, 2.05) is 18.2 Å². The molecule has 18 heavy (non-hydrogen) atoms. The minimum atomic E-state index is -0.483. The molecule has 0 radical (unpaired) electrons. The summed E-state index contributed by atoms with van der Waals surface area (Å²) in [6.07, 6.45) is -0.483. The third-order valence-corrected chi connectivity index (χ3v) is 5.59. The Morgan fingerprint density at radius 1 is 1.44 bits per heavy atom. The van der Waals surface area contributed by atoms with E-state index in [2.05, 4.69) is 40.3 Å². The summed E-state index contributed by atoms with van der Waals surface area (Å²) in [7, 11) is 0. The number of aryl methyl sites for hydroxylation is 1. The molecule has 1 aromatic carbocycles. The molecule has 0 aliphatic carbocycles. The molecule has 1 aliphatic heterocycles. The van der Waals surface area contributed by atoms with Crippen molar-refractivity contribution in [1.82, 2.24) is 5.32 Å². The number of nitrogens with one attached hydrogen (secondary N) is 1. The Balaban J connectivity index is 1.92. The van der Waals surface area contributed by atoms with Crippen LogP contribution < -0.4 is 5.32 Å². The lowest BCUT2D eigenvalue weighted by Crippen LogP contribution is -2.19. The molecular weight excluding hydrogens is 310 g/mol. The number of aliphatic hydroxyl groups excluding tert-OH is 1. The summed E-state index contributed by atoms with van der Waals surface area (Å²) in [5, 5.41) is 13.9. The largest absolute Gasteiger partial charge is 0.386 e. The summed E-state index contributed by atoms with van der Waals surface area (Å²) < 4.78 is 1.08. The lowest BCUT2D eigenvalue weighted by atomic mass is 10.00. The van der Waals surface area contributed by atoms with Crippen LogP contribution in [0.5, 0.6) is 0 Å². The number of benzene rings is 1. The number of halogens is 1. The van der Waals surface area contributed by atoms with Gasteiger partial charge in [0.05, 0.1) is 6.04 Å². The van der Waals surface area contributed by atoms with Crippen molar-refractivity contribution in [2.75, 3.05) is 0 Å². The van der Waals surface area contributed by atoms with Crippen LogP contribution in [0.3, 0.4) is 0 Å². The maximum absolute atomic E-state index is 10.5. The van der Waals surface area contributed by atoms with Crippen LogP contribution in [0, 0.1) is 6.92 Å². The fourth-order valence-corrected chi connectivity index (χ4v) is 3.99. The average molecular weight is 324 g/mol. The smallest absolute Gasteiger partial charge is 0.108 e. The topological polar surface area (TPSA) is 32.3 Å². The second-order valence-electron chi connectivity index (χ2n) is 4.56. The number of rotatable bonds is 2. The van der Waals surface area contributed by atoms with Gasteiger partial charge in [0.1, 0.15) is 6.10 Å². The molecule has 1 aromatic heterocycles. The van der Waals surface area contributed by atoms with E-state index in [0.717, 1.165) is 15.9 Å². The number of aliphatic hydroxyl groups is 1. The fraction of sp³-hybridized carbons (Fsp3) is 0.286. The van der Waals surface area contributed by atoms with Crippen molar-refractivity contribution in [1.29, 1.82) is 0 Å². The Morgan fingerprint density at radius 2 is 2.22 bits per heavy atom. The van der Waals surface area contributed by atoms with Crippen LogP contribution in [0.15, 0.2) is 34.8 Å². The van der Waals surface area contributed by atoms with E-state index in [1.54, 1.807) is 11.3 Å². The highest BCUT2D eigenvalue weighted by Gasteiger charge is 2.29. The zero-order valence-electron chi connectivity index (χ0n) is 9.98. The van der Waals surface area contributed by atoms with Crippen molar-refractivity contribution < 1.29 is 5.11 Å². The van der Waals surface area contributed by atoms with E-state index < -0.39 is 6.10 Å². The summed E-state index contributed by atoms with van der Waals surface area (Å²) in [5.74, 6) is 0. The van der Waals surface area contributed by atoms with Crippen LogP contribution in [0.25, 0.3) is 0 Å². The van der Waals surface area contributed by atoms with E-state index in [9.17, 15) is 5.11 Å². The molecule has 2 aromatic rings. The van der Waals surface area contributed by atoms with Gasteiger partial charge in [-0.15, -0.1) is 11.3 Å². The third-order valence-electron chi connectivity index (χ3n) is 3.39. The first-order chi connectivity index (χ1) is 8.66. The van der Waals surface area contributed by atoms with Gasteiger partial charge in [-0.1, -0.05) is 24.3 Å². The van der Waals surface area contributed by atoms with E-state index in [4.69, 9.17) is 0 Å². The Labute approximate surface area is 119 Å². The first-order valence-electron chi connectivity index (χ1n) is 5.92. The van der Waals surface area contributed by atoms with Crippen LogP contribution in [0.4, 0.5) is 0 Å². The maximum Gasteiger partial charge on any atom is 0.108 e. The predicted octanol–water partition coefficient (Wildman–Crippen LogP) is 3.70. The monoisotopic (exact) mass is 323 g/mol. The van der Waals surface area contributed by atoms with E-state index >= 15 is 0 Å². The summed E-state index contributed by atoms with van der Waals surface area (Å²) in [4.78, 5) is 2.21. The highest BCUT2D eigenvalue weighted by atomic mass is 79.9. The molecule has 2 atom stereocenters. The zero-order chi connectivity index (χ0) is 12.7. The third kappa shape index (κ3) is 2.03. The first kappa shape index (κ1) is 12.4. The van der Waals surface area contributed by atoms with Crippen LogP contribution >= 0.6 is 27.3 Å². The lowest BCUT2D eigenvalue weighted by molar-refractivity contribution is 0.137. The second-order valence-corrected chi connectivity index (χ2v) is 6.70. The molecule has 0 bridgehead atoms.